The predicted molar refractivity (Wildman–Crippen MR) is 561 cm³/mol. The van der Waals surface area contributed by atoms with Crippen molar-refractivity contribution in [3.05, 3.63) is 305 Å². The lowest BCUT2D eigenvalue weighted by Gasteiger charge is -2.38. The minimum Gasteiger partial charge on any atom is -0.488 e. The van der Waals surface area contributed by atoms with Crippen LogP contribution in [-0.4, -0.2) is 240 Å². The highest BCUT2D eigenvalue weighted by molar-refractivity contribution is 8.70. The first kappa shape index (κ1) is 114. The van der Waals surface area contributed by atoms with E-state index in [9.17, 15) is 72.8 Å². The largest absolute Gasteiger partial charge is 0.488 e. The number of carbonyl (C=O) groups is 13. The molecule has 11 rings (SSSR count). The minimum absolute atomic E-state index is 0.0584. The second kappa shape index (κ2) is 51.7. The fourth-order valence-electron chi connectivity index (χ4n) is 16.8. The van der Waals surface area contributed by atoms with Crippen molar-refractivity contribution in [3.8, 4) is 16.9 Å². The summed E-state index contributed by atoms with van der Waals surface area (Å²) in [5, 5.41) is 35.0. The number of nitrogens with zero attached hydrogens (tertiary/aromatic N) is 1. The summed E-state index contributed by atoms with van der Waals surface area (Å²) in [6.07, 6.45) is -4.37. The standard InChI is InChI=1S/C102H115N11O26S8/c1-63(88(116)107-80(58-140)97(125)126)103-95(123)85-47-30-54-113(85)96(124)79(56-86(114)112-101(65-31-14-8-15-32-65,66-33-16-9-17-34-66)67-35-18-10-19-36-67)106-91(119)81(59-141-102(68-37-20-11-21-38-68,69-39-22-12-23-40-69)70-41-24-13-25-42-70)108-93(121)83(61-143-146(131,132)133)109-90(118)78(55-64-48-50-71(51-49-64)138-99(2,3)4)105-89(117)77(52-53-87(115)139-100(5,6)7)104-92(120)82(60-142-145(128,129)130)110-94(122)84(62-144-147(134,135)136)111-98(127)137-57-76-74-45-28-26-43-72(74)73-44-27-29-46-75(73)76/h8-29,31-46,48-51,63,76-85,140H,30,47,52-62H2,1-7H3,(H,103,123)(H,104,120)(H,105,117)(H,106,119)(H,107,116)(H,108,121)(H,109,118)(H,110,122)(H,111,127)(H,112,114)(H,125,126)(H,128,129,130)(H,131,132,133)(H,134,135,136)/t63-,77-,78-,79-,80-,81-,82-,83-,84-,85-/m0/s1. The summed E-state index contributed by atoms with van der Waals surface area (Å²) in [5.41, 5.74) is 3.23. The number of amides is 11. The molecular formula is C102H115N11O26S8. The topological polar surface area (TPSA) is 556 Å². The second-order valence-electron chi connectivity index (χ2n) is 36.4. The zero-order valence-corrected chi connectivity index (χ0v) is 87.4. The van der Waals surface area contributed by atoms with Gasteiger partial charge in [-0.3, -0.25) is 66.4 Å². The summed E-state index contributed by atoms with van der Waals surface area (Å²) in [6, 6.07) is 54.4. The van der Waals surface area contributed by atoms with Crippen molar-refractivity contribution in [3.63, 3.8) is 0 Å². The lowest BCUT2D eigenvalue weighted by Crippen LogP contribution is -2.62. The van der Waals surface area contributed by atoms with E-state index in [0.29, 0.717) is 39.1 Å². The average molecular weight is 2170 g/mol. The van der Waals surface area contributed by atoms with Crippen LogP contribution in [0.25, 0.3) is 11.1 Å². The second-order valence-corrected chi connectivity index (χ2v) is 48.2. The molecule has 10 atom stereocenters. The Bertz CT molecular complexity index is 6290. The lowest BCUT2D eigenvalue weighted by atomic mass is 9.77. The van der Waals surface area contributed by atoms with Crippen LogP contribution in [0.4, 0.5) is 4.79 Å². The van der Waals surface area contributed by atoms with Crippen LogP contribution in [0.5, 0.6) is 5.75 Å². The van der Waals surface area contributed by atoms with Gasteiger partial charge in [-0.05, 0) is 173 Å². The zero-order chi connectivity index (χ0) is 107. The van der Waals surface area contributed by atoms with E-state index >= 15 is 33.6 Å². The number of hydrogen-bond acceptors (Lipinski definition) is 27. The van der Waals surface area contributed by atoms with Crippen molar-refractivity contribution in [2.45, 2.75) is 175 Å². The molecule has 14 N–H and O–H groups in total. The van der Waals surface area contributed by atoms with Gasteiger partial charge >= 0.3 is 45.5 Å². The van der Waals surface area contributed by atoms with Crippen LogP contribution in [0.2, 0.25) is 0 Å². The Morgan fingerprint density at radius 1 is 0.435 bits per heavy atom. The molecule has 37 nitrogen and oxygen atoms in total. The van der Waals surface area contributed by atoms with E-state index in [-0.39, 0.29) is 69.7 Å². The molecule has 0 radical (unpaired) electrons. The molecule has 1 aliphatic heterocycles. The van der Waals surface area contributed by atoms with Gasteiger partial charge in [0, 0.05) is 54.1 Å². The summed E-state index contributed by atoms with van der Waals surface area (Å²) >= 11 is 5.11. The molecule has 147 heavy (non-hydrogen) atoms. The van der Waals surface area contributed by atoms with E-state index < -0.39 is 241 Å². The Labute approximate surface area is 872 Å². The van der Waals surface area contributed by atoms with Gasteiger partial charge in [-0.15, -0.1) is 11.8 Å². The van der Waals surface area contributed by atoms with Gasteiger partial charge in [0.2, 0.25) is 59.1 Å². The van der Waals surface area contributed by atoms with E-state index in [4.69, 9.17) is 14.2 Å². The molecule has 11 amide bonds. The highest BCUT2D eigenvalue weighted by Crippen LogP contribution is 2.50. The molecule has 0 spiro atoms. The van der Waals surface area contributed by atoms with Gasteiger partial charge in [0.05, 0.1) is 11.2 Å². The number of thioether (sulfide) groups is 1. The van der Waals surface area contributed by atoms with Crippen LogP contribution >= 0.6 is 56.8 Å². The zero-order valence-electron chi connectivity index (χ0n) is 80.8. The molecule has 9 aromatic carbocycles. The first-order chi connectivity index (χ1) is 69.6. The lowest BCUT2D eigenvalue weighted by molar-refractivity contribution is -0.155. The summed E-state index contributed by atoms with van der Waals surface area (Å²) in [7, 11) is -16.4. The number of carbonyl (C=O) groups excluding carboxylic acids is 12. The SMILES string of the molecule is C[C@H](NC(=O)[C@@H]1CCCN1C(=O)[C@H](CC(=O)NC(c1ccccc1)(c1ccccc1)c1ccccc1)NC(=O)[C@H](CSC(c1ccccc1)(c1ccccc1)c1ccccc1)NC(=O)[C@H](CSS(=O)(=O)O)NC(=O)[C@H](Cc1ccc(OC(C)(C)C)cc1)NC(=O)[C@H](CCC(=O)OC(C)(C)C)NC(=O)[C@H](CSS(=O)(=O)O)NC(=O)[C@H](CSS(=O)(=O)O)NC(=O)OCC1c2ccccc2-c2ccccc21)C(=O)N[C@@H](CS)C(=O)O. The van der Waals surface area contributed by atoms with Crippen molar-refractivity contribution in [2.75, 3.05) is 41.9 Å². The van der Waals surface area contributed by atoms with Crippen LogP contribution in [0.1, 0.15) is 137 Å². The summed E-state index contributed by atoms with van der Waals surface area (Å²) in [4.78, 5) is 195. The molecule has 9 aromatic rings. The molecule has 0 bridgehead atoms. The quantitative estimate of drug-likeness (QED) is 0.00555. The number of alkyl carbamates (subject to hydrolysis) is 1. The van der Waals surface area contributed by atoms with Crippen LogP contribution in [0.15, 0.2) is 255 Å². The fourth-order valence-corrected chi connectivity index (χ4v) is 23.0. The number of aliphatic carboxylic acids is 1. The Hall–Kier alpha value is -12.8. The van der Waals surface area contributed by atoms with Crippen LogP contribution in [-0.2, 0) is 111 Å². The summed E-state index contributed by atoms with van der Waals surface area (Å²) in [6.45, 7) is 10.5. The van der Waals surface area contributed by atoms with Gasteiger partial charge < -0.3 is 77.4 Å². The van der Waals surface area contributed by atoms with Gasteiger partial charge in [0.1, 0.15) is 89.5 Å². The molecule has 2 aliphatic rings. The molecule has 0 unspecified atom stereocenters. The Kier molecular flexibility index (Phi) is 40.2. The molecular weight excluding hydrogens is 2050 g/mol. The van der Waals surface area contributed by atoms with Crippen LogP contribution in [0, 0.1) is 0 Å². The summed E-state index contributed by atoms with van der Waals surface area (Å²) < 4.78 is 123. The number of benzene rings is 9. The number of fused-ring (bicyclic) bond motifs is 3. The number of ether oxygens (including phenoxy) is 3. The fraction of sp³-hybridized carbons (Fsp3) is 0.343. The highest BCUT2D eigenvalue weighted by Gasteiger charge is 2.47. The Morgan fingerprint density at radius 3 is 1.22 bits per heavy atom. The highest BCUT2D eigenvalue weighted by atomic mass is 33.2. The molecule has 1 aliphatic carbocycles. The first-order valence-corrected chi connectivity index (χ1v) is 56.9. The van der Waals surface area contributed by atoms with Crippen molar-refractivity contribution in [1.82, 2.24) is 58.1 Å². The van der Waals surface area contributed by atoms with Crippen LogP contribution in [0.3, 0.4) is 0 Å². The maximum atomic E-state index is 16.6. The number of hydrogen-bond donors (Lipinski definition) is 15. The van der Waals surface area contributed by atoms with Gasteiger partial charge in [0.15, 0.2) is 0 Å². The normalized spacial score (nSPS) is 15.1. The summed E-state index contributed by atoms with van der Waals surface area (Å²) in [5.74, 6) is -19.0. The monoisotopic (exact) mass is 2170 g/mol. The first-order valence-electron chi connectivity index (χ1n) is 46.4. The number of likely N-dealkylation sites (tertiary alicyclic amines) is 1. The van der Waals surface area contributed by atoms with Gasteiger partial charge in [-0.25, -0.2) is 9.59 Å². The third-order valence-electron chi connectivity index (χ3n) is 23.5. The number of nitrogens with one attached hydrogen (secondary N) is 10. The molecule has 782 valence electrons. The third kappa shape index (κ3) is 32.8. The van der Waals surface area contributed by atoms with E-state index in [2.05, 4.69) is 65.8 Å². The molecule has 1 fully saturated rings. The van der Waals surface area contributed by atoms with Crippen LogP contribution < -0.4 is 57.9 Å². The number of rotatable bonds is 49. The van der Waals surface area contributed by atoms with E-state index in [1.165, 1.54) is 52.0 Å². The smallest absolute Gasteiger partial charge is 0.407 e. The van der Waals surface area contributed by atoms with Gasteiger partial charge in [0.25, 0.3) is 0 Å². The van der Waals surface area contributed by atoms with Crippen molar-refractivity contribution >= 4 is 161 Å². The van der Waals surface area contributed by atoms with E-state index in [1.807, 2.05) is 72.8 Å². The maximum Gasteiger partial charge on any atom is 0.407 e. The number of esters is 1. The van der Waals surface area contributed by atoms with E-state index in [0.717, 1.165) is 38.9 Å². The van der Waals surface area contributed by atoms with Crippen molar-refractivity contribution in [1.29, 1.82) is 0 Å². The molecule has 0 aromatic heterocycles. The molecule has 0 saturated carbocycles. The van der Waals surface area contributed by atoms with Gasteiger partial charge in [-0.2, -0.15) is 37.9 Å². The molecule has 45 heteroatoms. The minimum atomic E-state index is -5.26. The Morgan fingerprint density at radius 2 is 0.810 bits per heavy atom. The predicted octanol–water partition coefficient (Wildman–Crippen LogP) is 9.17. The van der Waals surface area contributed by atoms with Crippen molar-refractivity contribution in [2.24, 2.45) is 0 Å². The number of carboxylic acid groups (broad SMARTS) is 1. The number of carboxylic acids is 1. The van der Waals surface area contributed by atoms with Gasteiger partial charge in [-0.1, -0.05) is 243 Å². The molecule has 1 saturated heterocycles. The third-order valence-corrected chi connectivity index (χ3v) is 31.7. The average Bonchev–Trinajstić information content (AvgIpc) is 1.51. The number of thiol groups is 1. The van der Waals surface area contributed by atoms with Crippen molar-refractivity contribution < 1.29 is 121 Å². The van der Waals surface area contributed by atoms with E-state index in [1.54, 1.807) is 178 Å². The Balaban J connectivity index is 0.980. The molecule has 1 heterocycles. The maximum absolute atomic E-state index is 16.6.